The predicted octanol–water partition coefficient (Wildman–Crippen LogP) is 1.78. The maximum absolute atomic E-state index is 14.1. The number of nitrogens with zero attached hydrogens (tertiary/aromatic N) is 3. The number of hydrogen-bond acceptors (Lipinski definition) is 5. The lowest BCUT2D eigenvalue weighted by atomic mass is 10.1. The highest BCUT2D eigenvalue weighted by Gasteiger charge is 2.22. The number of carboxylic acid groups (broad SMARTS) is 1. The van der Waals surface area contributed by atoms with E-state index in [0.717, 1.165) is 23.7 Å². The van der Waals surface area contributed by atoms with Crippen molar-refractivity contribution in [3.63, 3.8) is 0 Å². The average molecular weight is 362 g/mol. The second-order valence-electron chi connectivity index (χ2n) is 6.34. The molecule has 1 aliphatic carbocycles. The summed E-state index contributed by atoms with van der Waals surface area (Å²) >= 11 is 0. The van der Waals surface area contributed by atoms with Gasteiger partial charge in [0.2, 0.25) is 5.91 Å². The van der Waals surface area contributed by atoms with E-state index in [2.05, 4.69) is 15.6 Å². The van der Waals surface area contributed by atoms with E-state index < -0.39 is 23.7 Å². The van der Waals surface area contributed by atoms with Crippen LogP contribution >= 0.6 is 0 Å². The fourth-order valence-electron chi connectivity index (χ4n) is 2.39. The Morgan fingerprint density at radius 1 is 1.46 bits per heavy atom. The Labute approximate surface area is 149 Å². The standard InChI is InChI=1S/C17H19FN4O4/c1-10(19-16(23)8-22-7-14(17(24)25)20-21-22)12-4-5-15(13(18)6-12)26-9-11-2-3-11/h4-7,10-11H,2-3,8-9H2,1H3,(H,19,23)(H,24,25). The number of amides is 1. The number of ether oxygens (including phenoxy) is 1. The maximum Gasteiger partial charge on any atom is 0.358 e. The summed E-state index contributed by atoms with van der Waals surface area (Å²) in [5.41, 5.74) is 0.356. The van der Waals surface area contributed by atoms with Crippen LogP contribution in [-0.4, -0.2) is 38.6 Å². The van der Waals surface area contributed by atoms with Gasteiger partial charge in [-0.1, -0.05) is 11.3 Å². The summed E-state index contributed by atoms with van der Waals surface area (Å²) in [6.45, 7) is 2.07. The highest BCUT2D eigenvalue weighted by atomic mass is 19.1. The molecule has 1 aromatic heterocycles. The van der Waals surface area contributed by atoms with E-state index in [1.54, 1.807) is 19.1 Å². The van der Waals surface area contributed by atoms with Crippen LogP contribution in [0.1, 0.15) is 41.9 Å². The van der Waals surface area contributed by atoms with Gasteiger partial charge in [0.15, 0.2) is 17.3 Å². The van der Waals surface area contributed by atoms with E-state index in [0.29, 0.717) is 18.1 Å². The summed E-state index contributed by atoms with van der Waals surface area (Å²) in [4.78, 5) is 22.8. The van der Waals surface area contributed by atoms with Crippen LogP contribution in [0.4, 0.5) is 4.39 Å². The maximum atomic E-state index is 14.1. The molecule has 2 aromatic rings. The Morgan fingerprint density at radius 3 is 2.85 bits per heavy atom. The van der Waals surface area contributed by atoms with Crippen LogP contribution in [0.2, 0.25) is 0 Å². The molecule has 0 bridgehead atoms. The molecule has 1 unspecified atom stereocenters. The summed E-state index contributed by atoms with van der Waals surface area (Å²) in [5, 5.41) is 18.5. The molecule has 8 nitrogen and oxygen atoms in total. The van der Waals surface area contributed by atoms with E-state index in [9.17, 15) is 14.0 Å². The highest BCUT2D eigenvalue weighted by molar-refractivity contribution is 5.84. The number of aromatic nitrogens is 3. The normalized spacial score (nSPS) is 14.7. The Morgan fingerprint density at radius 2 is 2.23 bits per heavy atom. The SMILES string of the molecule is CC(NC(=O)Cn1cc(C(=O)O)nn1)c1ccc(OCC2CC2)c(F)c1. The molecule has 1 heterocycles. The quantitative estimate of drug-likeness (QED) is 0.741. The van der Waals surface area contributed by atoms with Gasteiger partial charge in [0, 0.05) is 0 Å². The summed E-state index contributed by atoms with van der Waals surface area (Å²) in [6, 6.07) is 4.17. The van der Waals surface area contributed by atoms with Crippen LogP contribution in [0.3, 0.4) is 0 Å². The van der Waals surface area contributed by atoms with Gasteiger partial charge in [-0.25, -0.2) is 13.9 Å². The molecule has 1 aromatic carbocycles. The molecule has 3 rings (SSSR count). The first-order valence-corrected chi connectivity index (χ1v) is 8.27. The molecule has 1 fully saturated rings. The first kappa shape index (κ1) is 17.8. The molecule has 0 saturated heterocycles. The summed E-state index contributed by atoms with van der Waals surface area (Å²) in [7, 11) is 0. The minimum atomic E-state index is -1.22. The molecule has 2 N–H and O–H groups in total. The van der Waals surface area contributed by atoms with Gasteiger partial charge in [-0.05, 0) is 43.4 Å². The first-order chi connectivity index (χ1) is 12.4. The molecule has 1 amide bonds. The molecular formula is C17H19FN4O4. The molecule has 0 radical (unpaired) electrons. The Balaban J connectivity index is 1.55. The van der Waals surface area contributed by atoms with Gasteiger partial charge in [0.25, 0.3) is 0 Å². The minimum absolute atomic E-state index is 0.185. The third-order valence-corrected chi connectivity index (χ3v) is 4.07. The number of nitrogens with one attached hydrogen (secondary N) is 1. The number of benzene rings is 1. The lowest BCUT2D eigenvalue weighted by Gasteiger charge is -2.15. The van der Waals surface area contributed by atoms with Crippen molar-refractivity contribution in [1.82, 2.24) is 20.3 Å². The average Bonchev–Trinajstić information content (AvgIpc) is 3.30. The van der Waals surface area contributed by atoms with Crippen LogP contribution < -0.4 is 10.1 Å². The van der Waals surface area contributed by atoms with Gasteiger partial charge in [-0.3, -0.25) is 4.79 Å². The van der Waals surface area contributed by atoms with Crippen molar-refractivity contribution in [2.24, 2.45) is 5.92 Å². The Bertz CT molecular complexity index is 819. The lowest BCUT2D eigenvalue weighted by molar-refractivity contribution is -0.122. The van der Waals surface area contributed by atoms with Crippen molar-refractivity contribution in [2.45, 2.75) is 32.4 Å². The zero-order chi connectivity index (χ0) is 18.7. The van der Waals surface area contributed by atoms with E-state index in [1.165, 1.54) is 6.07 Å². The Hall–Kier alpha value is -2.97. The third kappa shape index (κ3) is 4.56. The molecular weight excluding hydrogens is 343 g/mol. The topological polar surface area (TPSA) is 106 Å². The number of halogens is 1. The van der Waals surface area contributed by atoms with Crippen LogP contribution in [-0.2, 0) is 11.3 Å². The van der Waals surface area contributed by atoms with Crippen molar-refractivity contribution < 1.29 is 23.8 Å². The number of aromatic carboxylic acids is 1. The molecule has 9 heteroatoms. The van der Waals surface area contributed by atoms with Crippen LogP contribution in [0, 0.1) is 11.7 Å². The smallest absolute Gasteiger partial charge is 0.358 e. The van der Waals surface area contributed by atoms with Crippen molar-refractivity contribution in [3.05, 3.63) is 41.5 Å². The van der Waals surface area contributed by atoms with Gasteiger partial charge >= 0.3 is 5.97 Å². The lowest BCUT2D eigenvalue weighted by Crippen LogP contribution is -2.30. The number of rotatable bonds is 8. The first-order valence-electron chi connectivity index (χ1n) is 8.27. The molecule has 1 aliphatic rings. The Kier molecular flexibility index (Phi) is 5.15. The molecule has 1 atom stereocenters. The number of hydrogen-bond donors (Lipinski definition) is 2. The van der Waals surface area contributed by atoms with Crippen molar-refractivity contribution >= 4 is 11.9 Å². The van der Waals surface area contributed by atoms with Crippen LogP contribution in [0.5, 0.6) is 5.75 Å². The predicted molar refractivity (Wildman–Crippen MR) is 88.2 cm³/mol. The van der Waals surface area contributed by atoms with E-state index >= 15 is 0 Å². The van der Waals surface area contributed by atoms with E-state index in [4.69, 9.17) is 9.84 Å². The highest BCUT2D eigenvalue weighted by Crippen LogP contribution is 2.30. The van der Waals surface area contributed by atoms with Crippen LogP contribution in [0.25, 0.3) is 0 Å². The van der Waals surface area contributed by atoms with Gasteiger partial charge < -0.3 is 15.2 Å². The number of carbonyl (C=O) groups is 2. The van der Waals surface area contributed by atoms with Crippen molar-refractivity contribution in [1.29, 1.82) is 0 Å². The van der Waals surface area contributed by atoms with Crippen molar-refractivity contribution in [2.75, 3.05) is 6.61 Å². The van der Waals surface area contributed by atoms with Crippen molar-refractivity contribution in [3.8, 4) is 5.75 Å². The molecule has 0 spiro atoms. The molecule has 26 heavy (non-hydrogen) atoms. The fourth-order valence-corrected chi connectivity index (χ4v) is 2.39. The van der Waals surface area contributed by atoms with E-state index in [-0.39, 0.29) is 18.0 Å². The van der Waals surface area contributed by atoms with E-state index in [1.807, 2.05) is 0 Å². The molecule has 1 saturated carbocycles. The van der Waals surface area contributed by atoms with Gasteiger partial charge in [-0.15, -0.1) is 5.10 Å². The second kappa shape index (κ2) is 7.51. The summed E-state index contributed by atoms with van der Waals surface area (Å²) in [6.07, 6.45) is 3.42. The van der Waals surface area contributed by atoms with Gasteiger partial charge in [-0.2, -0.15) is 0 Å². The second-order valence-corrected chi connectivity index (χ2v) is 6.34. The summed E-state index contributed by atoms with van der Waals surface area (Å²) in [5.74, 6) is -1.33. The number of carboxylic acids is 1. The zero-order valence-corrected chi connectivity index (χ0v) is 14.2. The summed E-state index contributed by atoms with van der Waals surface area (Å²) < 4.78 is 20.7. The zero-order valence-electron chi connectivity index (χ0n) is 14.2. The minimum Gasteiger partial charge on any atom is -0.490 e. The third-order valence-electron chi connectivity index (χ3n) is 4.07. The largest absolute Gasteiger partial charge is 0.490 e. The van der Waals surface area contributed by atoms with Gasteiger partial charge in [0.05, 0.1) is 18.8 Å². The molecule has 0 aliphatic heterocycles. The van der Waals surface area contributed by atoms with Crippen LogP contribution in [0.15, 0.2) is 24.4 Å². The monoisotopic (exact) mass is 362 g/mol. The molecule has 138 valence electrons. The fraction of sp³-hybridized carbons (Fsp3) is 0.412. The van der Waals surface area contributed by atoms with Gasteiger partial charge in [0.1, 0.15) is 6.54 Å². The number of carbonyl (C=O) groups excluding carboxylic acids is 1.